The van der Waals surface area contributed by atoms with Gasteiger partial charge in [-0.05, 0) is 61.1 Å². The number of amides is 2. The van der Waals surface area contributed by atoms with Crippen molar-refractivity contribution in [2.24, 2.45) is 0 Å². The minimum absolute atomic E-state index is 0.00330. The highest BCUT2D eigenvalue weighted by atomic mass is 16.5. The highest BCUT2D eigenvalue weighted by molar-refractivity contribution is 5.92. The normalized spacial score (nSPS) is 17.4. The minimum atomic E-state index is -0.315. The monoisotopic (exact) mass is 494 g/mol. The van der Waals surface area contributed by atoms with E-state index in [2.05, 4.69) is 15.5 Å². The van der Waals surface area contributed by atoms with E-state index in [0.717, 1.165) is 35.3 Å². The van der Waals surface area contributed by atoms with E-state index in [-0.39, 0.29) is 24.8 Å². The van der Waals surface area contributed by atoms with Gasteiger partial charge in [-0.15, -0.1) is 0 Å². The standard InChI is InChI=1S/C27H34N4O5/c1-35-24-5-2-4-19(14-24)18-31(22-7-9-23(33)10-8-22)27(34)30-25-11-6-20(21-16-28-29-17-21)15-26(25)36-13-3-12-32/h2,4-6,11,14-17,22-23,32-33H,3,7-10,12-13,18H2,1H3,(H,28,29)(H,30,34). The van der Waals surface area contributed by atoms with Crippen LogP contribution in [-0.2, 0) is 6.54 Å². The van der Waals surface area contributed by atoms with Crippen LogP contribution in [0.4, 0.5) is 10.5 Å². The van der Waals surface area contributed by atoms with Gasteiger partial charge in [0, 0.05) is 37.4 Å². The Bertz CT molecular complexity index is 1110. The molecule has 2 amide bonds. The number of ether oxygens (including phenoxy) is 2. The molecule has 3 aromatic rings. The number of aliphatic hydroxyl groups is 2. The molecule has 1 fully saturated rings. The maximum atomic E-state index is 13.7. The summed E-state index contributed by atoms with van der Waals surface area (Å²) in [5.41, 5.74) is 3.32. The summed E-state index contributed by atoms with van der Waals surface area (Å²) in [6.07, 6.45) is 6.48. The molecule has 0 radical (unpaired) electrons. The van der Waals surface area contributed by atoms with E-state index in [9.17, 15) is 15.0 Å². The number of nitrogens with one attached hydrogen (secondary N) is 2. The van der Waals surface area contributed by atoms with Crippen LogP contribution in [0.25, 0.3) is 11.1 Å². The van der Waals surface area contributed by atoms with Crippen molar-refractivity contribution >= 4 is 11.7 Å². The Kier molecular flexibility index (Phi) is 8.80. The molecule has 1 saturated carbocycles. The smallest absolute Gasteiger partial charge is 0.322 e. The summed E-state index contributed by atoms with van der Waals surface area (Å²) in [4.78, 5) is 15.5. The number of anilines is 1. The molecule has 9 heteroatoms. The molecule has 4 rings (SSSR count). The summed E-state index contributed by atoms with van der Waals surface area (Å²) < 4.78 is 11.3. The van der Waals surface area contributed by atoms with E-state index in [1.165, 1.54) is 0 Å². The van der Waals surface area contributed by atoms with Crippen LogP contribution in [0.15, 0.2) is 54.9 Å². The second kappa shape index (κ2) is 12.4. The van der Waals surface area contributed by atoms with Crippen molar-refractivity contribution in [2.45, 2.75) is 50.8 Å². The molecule has 9 nitrogen and oxygen atoms in total. The molecule has 0 aliphatic heterocycles. The Hall–Kier alpha value is -3.56. The first-order valence-electron chi connectivity index (χ1n) is 12.3. The number of urea groups is 1. The number of H-pyrrole nitrogens is 1. The number of hydrogen-bond acceptors (Lipinski definition) is 6. The number of rotatable bonds is 10. The van der Waals surface area contributed by atoms with Crippen LogP contribution in [-0.4, -0.2) is 63.8 Å². The highest BCUT2D eigenvalue weighted by Crippen LogP contribution is 2.32. The summed E-state index contributed by atoms with van der Waals surface area (Å²) in [5.74, 6) is 1.26. The zero-order valence-electron chi connectivity index (χ0n) is 20.5. The third-order valence-corrected chi connectivity index (χ3v) is 6.47. The number of hydrogen-bond donors (Lipinski definition) is 4. The van der Waals surface area contributed by atoms with Crippen LogP contribution in [0.1, 0.15) is 37.7 Å². The predicted octanol–water partition coefficient (Wildman–Crippen LogP) is 4.18. The molecule has 0 atom stereocenters. The Morgan fingerprint density at radius 2 is 2.00 bits per heavy atom. The molecule has 192 valence electrons. The zero-order chi connectivity index (χ0) is 25.3. The Morgan fingerprint density at radius 3 is 2.72 bits per heavy atom. The van der Waals surface area contributed by atoms with E-state index in [4.69, 9.17) is 9.47 Å². The van der Waals surface area contributed by atoms with Gasteiger partial charge in [0.25, 0.3) is 0 Å². The van der Waals surface area contributed by atoms with Crippen molar-refractivity contribution in [2.75, 3.05) is 25.6 Å². The minimum Gasteiger partial charge on any atom is -0.497 e. The molecule has 36 heavy (non-hydrogen) atoms. The van der Waals surface area contributed by atoms with Gasteiger partial charge in [-0.1, -0.05) is 18.2 Å². The van der Waals surface area contributed by atoms with Crippen LogP contribution in [0, 0.1) is 0 Å². The zero-order valence-corrected chi connectivity index (χ0v) is 20.5. The quantitative estimate of drug-likeness (QED) is 0.314. The van der Waals surface area contributed by atoms with Crippen LogP contribution >= 0.6 is 0 Å². The van der Waals surface area contributed by atoms with Gasteiger partial charge in [0.05, 0.1) is 31.7 Å². The van der Waals surface area contributed by atoms with Gasteiger partial charge < -0.3 is 29.9 Å². The lowest BCUT2D eigenvalue weighted by Gasteiger charge is -2.36. The summed E-state index contributed by atoms with van der Waals surface area (Å²) >= 11 is 0. The van der Waals surface area contributed by atoms with Gasteiger partial charge in [0.2, 0.25) is 0 Å². The fourth-order valence-electron chi connectivity index (χ4n) is 4.47. The predicted molar refractivity (Wildman–Crippen MR) is 137 cm³/mol. The molecule has 0 saturated heterocycles. The maximum absolute atomic E-state index is 13.7. The van der Waals surface area contributed by atoms with Crippen molar-refractivity contribution in [3.05, 3.63) is 60.4 Å². The lowest BCUT2D eigenvalue weighted by atomic mass is 9.92. The molecule has 4 N–H and O–H groups in total. The average molecular weight is 495 g/mol. The molecule has 1 aromatic heterocycles. The molecule has 2 aromatic carbocycles. The van der Waals surface area contributed by atoms with Gasteiger partial charge in [-0.3, -0.25) is 5.10 Å². The molecule has 0 bridgehead atoms. The number of carbonyl (C=O) groups excluding carboxylic acids is 1. The number of aliphatic hydroxyl groups excluding tert-OH is 2. The van der Waals surface area contributed by atoms with E-state index < -0.39 is 0 Å². The fourth-order valence-corrected chi connectivity index (χ4v) is 4.47. The second-order valence-corrected chi connectivity index (χ2v) is 9.00. The molecular formula is C27H34N4O5. The maximum Gasteiger partial charge on any atom is 0.322 e. The largest absolute Gasteiger partial charge is 0.497 e. The summed E-state index contributed by atoms with van der Waals surface area (Å²) in [6, 6.07) is 13.1. The van der Waals surface area contributed by atoms with Crippen molar-refractivity contribution in [3.8, 4) is 22.6 Å². The molecule has 1 aliphatic rings. The number of aromatic nitrogens is 2. The van der Waals surface area contributed by atoms with Gasteiger partial charge in [0.1, 0.15) is 11.5 Å². The molecule has 1 heterocycles. The molecular weight excluding hydrogens is 460 g/mol. The van der Waals surface area contributed by atoms with Gasteiger partial charge in [-0.2, -0.15) is 5.10 Å². The topological polar surface area (TPSA) is 120 Å². The lowest BCUT2D eigenvalue weighted by molar-refractivity contribution is 0.0849. The van der Waals surface area contributed by atoms with Crippen molar-refractivity contribution in [3.63, 3.8) is 0 Å². The Morgan fingerprint density at radius 1 is 1.17 bits per heavy atom. The van der Waals surface area contributed by atoms with Crippen LogP contribution < -0.4 is 14.8 Å². The summed E-state index contributed by atoms with van der Waals surface area (Å²) in [7, 11) is 1.62. The van der Waals surface area contributed by atoms with Crippen LogP contribution in [0.2, 0.25) is 0 Å². The third-order valence-electron chi connectivity index (χ3n) is 6.47. The Balaban J connectivity index is 1.58. The molecule has 0 spiro atoms. The Labute approximate surface area is 211 Å². The SMILES string of the molecule is COc1cccc(CN(C(=O)Nc2ccc(-c3cn[nH]c3)cc2OCCCO)C2CCC(O)CC2)c1. The van der Waals surface area contributed by atoms with Gasteiger partial charge in [-0.25, -0.2) is 4.79 Å². The number of aromatic amines is 1. The van der Waals surface area contributed by atoms with Crippen LogP contribution in [0.5, 0.6) is 11.5 Å². The van der Waals surface area contributed by atoms with E-state index >= 15 is 0 Å². The number of methoxy groups -OCH3 is 1. The second-order valence-electron chi connectivity index (χ2n) is 9.00. The van der Waals surface area contributed by atoms with Crippen molar-refractivity contribution < 1.29 is 24.5 Å². The first-order chi connectivity index (χ1) is 17.6. The molecule has 0 unspecified atom stereocenters. The highest BCUT2D eigenvalue weighted by Gasteiger charge is 2.29. The van der Waals surface area contributed by atoms with Crippen molar-refractivity contribution in [1.29, 1.82) is 0 Å². The first kappa shape index (κ1) is 25.5. The van der Waals surface area contributed by atoms with E-state index in [1.807, 2.05) is 47.4 Å². The van der Waals surface area contributed by atoms with Gasteiger partial charge in [0.15, 0.2) is 0 Å². The first-order valence-corrected chi connectivity index (χ1v) is 12.3. The van der Waals surface area contributed by atoms with Crippen molar-refractivity contribution in [1.82, 2.24) is 15.1 Å². The number of benzene rings is 2. The van der Waals surface area contributed by atoms with E-state index in [0.29, 0.717) is 43.9 Å². The fraction of sp³-hybridized carbons (Fsp3) is 0.407. The lowest BCUT2D eigenvalue weighted by Crippen LogP contribution is -2.44. The summed E-state index contributed by atoms with van der Waals surface area (Å²) in [5, 5.41) is 29.0. The van der Waals surface area contributed by atoms with E-state index in [1.54, 1.807) is 19.5 Å². The number of carbonyl (C=O) groups is 1. The number of nitrogens with zero attached hydrogens (tertiary/aromatic N) is 2. The molecule has 1 aliphatic carbocycles. The van der Waals surface area contributed by atoms with Crippen LogP contribution in [0.3, 0.4) is 0 Å². The average Bonchev–Trinajstić information content (AvgIpc) is 3.44. The third kappa shape index (κ3) is 6.56. The summed E-state index contributed by atoms with van der Waals surface area (Å²) in [6.45, 7) is 0.755. The van der Waals surface area contributed by atoms with Gasteiger partial charge >= 0.3 is 6.03 Å².